The summed E-state index contributed by atoms with van der Waals surface area (Å²) in [7, 11) is 4.85. The van der Waals surface area contributed by atoms with E-state index in [-0.39, 0.29) is 6.54 Å². The van der Waals surface area contributed by atoms with Crippen molar-refractivity contribution in [2.45, 2.75) is 6.10 Å². The SMILES string of the molecule is COc1ccc(NC(=O)C(=O)NCC(O)c2cn(C)c3ccccc23)c(OC)c1. The third-order valence-corrected chi connectivity index (χ3v) is 4.61. The van der Waals surface area contributed by atoms with Crippen molar-refractivity contribution in [2.75, 3.05) is 26.1 Å². The third-order valence-electron chi connectivity index (χ3n) is 4.61. The van der Waals surface area contributed by atoms with E-state index >= 15 is 0 Å². The van der Waals surface area contributed by atoms with Gasteiger partial charge in [0.2, 0.25) is 0 Å². The molecule has 2 aromatic carbocycles. The molecule has 0 bridgehead atoms. The maximum Gasteiger partial charge on any atom is 0.313 e. The molecule has 0 saturated carbocycles. The van der Waals surface area contributed by atoms with Crippen LogP contribution in [0, 0.1) is 0 Å². The third kappa shape index (κ3) is 4.33. The number of anilines is 1. The number of aliphatic hydroxyl groups is 1. The highest BCUT2D eigenvalue weighted by atomic mass is 16.5. The number of benzene rings is 2. The Morgan fingerprint density at radius 1 is 1.10 bits per heavy atom. The number of carbonyl (C=O) groups is 2. The number of nitrogens with zero attached hydrogens (tertiary/aromatic N) is 1. The lowest BCUT2D eigenvalue weighted by Gasteiger charge is -2.13. The predicted octanol–water partition coefficient (Wildman–Crippen LogP) is 1.98. The summed E-state index contributed by atoms with van der Waals surface area (Å²) in [5.41, 5.74) is 1.99. The van der Waals surface area contributed by atoms with Crippen LogP contribution in [-0.4, -0.2) is 42.3 Å². The molecule has 0 aliphatic heterocycles. The lowest BCUT2D eigenvalue weighted by Crippen LogP contribution is -2.37. The first-order chi connectivity index (χ1) is 13.9. The number of aliphatic hydroxyl groups excluding tert-OH is 1. The van der Waals surface area contributed by atoms with Gasteiger partial charge < -0.3 is 29.8 Å². The summed E-state index contributed by atoms with van der Waals surface area (Å²) in [6, 6.07) is 12.5. The lowest BCUT2D eigenvalue weighted by molar-refractivity contribution is -0.136. The van der Waals surface area contributed by atoms with E-state index < -0.39 is 17.9 Å². The van der Waals surface area contributed by atoms with Gasteiger partial charge in [-0.05, 0) is 18.2 Å². The Kier molecular flexibility index (Phi) is 6.04. The maximum atomic E-state index is 12.2. The minimum Gasteiger partial charge on any atom is -0.497 e. The molecule has 0 saturated heterocycles. The average molecular weight is 397 g/mol. The number of carbonyl (C=O) groups excluding carboxylic acids is 2. The zero-order chi connectivity index (χ0) is 21.0. The number of nitrogens with one attached hydrogen (secondary N) is 2. The van der Waals surface area contributed by atoms with Crippen molar-refractivity contribution in [1.29, 1.82) is 0 Å². The second-order valence-corrected chi connectivity index (χ2v) is 6.46. The van der Waals surface area contributed by atoms with Gasteiger partial charge in [0.15, 0.2) is 0 Å². The van der Waals surface area contributed by atoms with Crippen molar-refractivity contribution in [3.05, 3.63) is 54.2 Å². The zero-order valence-corrected chi connectivity index (χ0v) is 16.4. The second-order valence-electron chi connectivity index (χ2n) is 6.46. The molecule has 0 aliphatic rings. The Balaban J connectivity index is 1.63. The molecule has 29 heavy (non-hydrogen) atoms. The molecule has 152 valence electrons. The smallest absolute Gasteiger partial charge is 0.313 e. The number of hydrogen-bond acceptors (Lipinski definition) is 5. The molecular weight excluding hydrogens is 374 g/mol. The molecule has 0 spiro atoms. The summed E-state index contributed by atoms with van der Waals surface area (Å²) in [5.74, 6) is -0.801. The van der Waals surface area contributed by atoms with Gasteiger partial charge in [-0.1, -0.05) is 18.2 Å². The summed E-state index contributed by atoms with van der Waals surface area (Å²) in [6.07, 6.45) is 0.859. The molecule has 8 heteroatoms. The molecule has 3 N–H and O–H groups in total. The zero-order valence-electron chi connectivity index (χ0n) is 16.4. The quantitative estimate of drug-likeness (QED) is 0.552. The molecular formula is C21H23N3O5. The van der Waals surface area contributed by atoms with Crippen molar-refractivity contribution in [3.63, 3.8) is 0 Å². The normalized spacial score (nSPS) is 11.7. The monoisotopic (exact) mass is 397 g/mol. The van der Waals surface area contributed by atoms with E-state index in [9.17, 15) is 14.7 Å². The van der Waals surface area contributed by atoms with E-state index in [2.05, 4.69) is 10.6 Å². The fourth-order valence-corrected chi connectivity index (χ4v) is 3.10. The van der Waals surface area contributed by atoms with E-state index in [4.69, 9.17) is 9.47 Å². The van der Waals surface area contributed by atoms with Gasteiger partial charge in [-0.25, -0.2) is 0 Å². The van der Waals surface area contributed by atoms with Gasteiger partial charge in [0.25, 0.3) is 0 Å². The highest BCUT2D eigenvalue weighted by Crippen LogP contribution is 2.29. The van der Waals surface area contributed by atoms with Crippen molar-refractivity contribution < 1.29 is 24.2 Å². The molecule has 3 aromatic rings. The van der Waals surface area contributed by atoms with E-state index in [1.54, 1.807) is 18.2 Å². The fourth-order valence-electron chi connectivity index (χ4n) is 3.10. The predicted molar refractivity (Wildman–Crippen MR) is 109 cm³/mol. The Morgan fingerprint density at radius 3 is 2.59 bits per heavy atom. The molecule has 0 radical (unpaired) electrons. The van der Waals surface area contributed by atoms with Crippen LogP contribution in [0.25, 0.3) is 10.9 Å². The van der Waals surface area contributed by atoms with Crippen molar-refractivity contribution in [1.82, 2.24) is 9.88 Å². The first-order valence-corrected chi connectivity index (χ1v) is 8.97. The number of rotatable bonds is 6. The largest absolute Gasteiger partial charge is 0.497 e. The molecule has 1 unspecified atom stereocenters. The minimum atomic E-state index is -0.951. The molecule has 1 atom stereocenters. The fraction of sp³-hybridized carbons (Fsp3) is 0.238. The van der Waals surface area contributed by atoms with Crippen LogP contribution in [0.5, 0.6) is 11.5 Å². The van der Waals surface area contributed by atoms with Crippen LogP contribution in [0.3, 0.4) is 0 Å². The van der Waals surface area contributed by atoms with Crippen LogP contribution in [0.1, 0.15) is 11.7 Å². The Bertz CT molecular complexity index is 1040. The molecule has 1 aromatic heterocycles. The van der Waals surface area contributed by atoms with Crippen LogP contribution >= 0.6 is 0 Å². The Hall–Kier alpha value is -3.52. The molecule has 2 amide bonds. The van der Waals surface area contributed by atoms with Crippen molar-refractivity contribution in [3.8, 4) is 11.5 Å². The maximum absolute atomic E-state index is 12.2. The number of methoxy groups -OCH3 is 2. The first-order valence-electron chi connectivity index (χ1n) is 8.97. The number of aromatic nitrogens is 1. The van der Waals surface area contributed by atoms with Gasteiger partial charge in [-0.2, -0.15) is 0 Å². The summed E-state index contributed by atoms with van der Waals surface area (Å²) in [6.45, 7) is -0.0972. The van der Waals surface area contributed by atoms with Crippen LogP contribution < -0.4 is 20.1 Å². The molecule has 8 nitrogen and oxygen atoms in total. The summed E-state index contributed by atoms with van der Waals surface area (Å²) < 4.78 is 12.2. The van der Waals surface area contributed by atoms with Crippen LogP contribution in [0.4, 0.5) is 5.69 Å². The van der Waals surface area contributed by atoms with Crippen LogP contribution in [0.15, 0.2) is 48.7 Å². The molecule has 3 rings (SSSR count). The van der Waals surface area contributed by atoms with Crippen molar-refractivity contribution in [2.24, 2.45) is 7.05 Å². The Morgan fingerprint density at radius 2 is 1.86 bits per heavy atom. The second kappa shape index (κ2) is 8.66. The summed E-state index contributed by atoms with van der Waals surface area (Å²) in [4.78, 5) is 24.4. The van der Waals surface area contributed by atoms with Gasteiger partial charge in [0, 0.05) is 42.3 Å². The summed E-state index contributed by atoms with van der Waals surface area (Å²) >= 11 is 0. The first kappa shape index (κ1) is 20.2. The van der Waals surface area contributed by atoms with E-state index in [0.29, 0.717) is 22.7 Å². The number of amides is 2. The highest BCUT2D eigenvalue weighted by Gasteiger charge is 2.19. The standard InChI is InChI=1S/C21H23N3O5/c1-24-12-15(14-6-4-5-7-17(14)24)18(25)11-22-20(26)21(27)23-16-9-8-13(28-2)10-19(16)29-3/h4-10,12,18,25H,11H2,1-3H3,(H,22,26)(H,23,27). The van der Waals surface area contributed by atoms with Gasteiger partial charge in [0.1, 0.15) is 11.5 Å². The van der Waals surface area contributed by atoms with Crippen LogP contribution in [0.2, 0.25) is 0 Å². The molecule has 1 heterocycles. The van der Waals surface area contributed by atoms with Crippen molar-refractivity contribution >= 4 is 28.4 Å². The molecule has 0 fully saturated rings. The van der Waals surface area contributed by atoms with Gasteiger partial charge in [0.05, 0.1) is 26.0 Å². The van der Waals surface area contributed by atoms with Gasteiger partial charge >= 0.3 is 11.8 Å². The Labute approximate surface area is 168 Å². The average Bonchev–Trinajstić information content (AvgIpc) is 3.08. The van der Waals surface area contributed by atoms with Gasteiger partial charge in [-0.3, -0.25) is 9.59 Å². The lowest BCUT2D eigenvalue weighted by atomic mass is 10.1. The van der Waals surface area contributed by atoms with E-state index in [0.717, 1.165) is 10.9 Å². The molecule has 0 aliphatic carbocycles. The topological polar surface area (TPSA) is 102 Å². The van der Waals surface area contributed by atoms with Crippen LogP contribution in [-0.2, 0) is 16.6 Å². The minimum absolute atomic E-state index is 0.0972. The van der Waals surface area contributed by atoms with E-state index in [1.165, 1.54) is 14.2 Å². The number of hydrogen-bond donors (Lipinski definition) is 3. The number of aryl methyl sites for hydroxylation is 1. The van der Waals surface area contributed by atoms with Gasteiger partial charge in [-0.15, -0.1) is 0 Å². The number of ether oxygens (including phenoxy) is 2. The number of para-hydroxylation sites is 1. The highest BCUT2D eigenvalue weighted by molar-refractivity contribution is 6.39. The number of fused-ring (bicyclic) bond motifs is 1. The summed E-state index contributed by atoms with van der Waals surface area (Å²) in [5, 5.41) is 16.3. The van der Waals surface area contributed by atoms with E-state index in [1.807, 2.05) is 42.1 Å².